The SMILES string of the molecule is CC(C)(C)OC(=O)NCC[C@H]1OCCc2c1cccc2-n1cccn1. The van der Waals surface area contributed by atoms with E-state index < -0.39 is 11.7 Å². The van der Waals surface area contributed by atoms with Crippen LogP contribution in [0.15, 0.2) is 36.7 Å². The van der Waals surface area contributed by atoms with Gasteiger partial charge in [-0.2, -0.15) is 5.10 Å². The molecule has 3 rings (SSSR count). The molecule has 2 heterocycles. The lowest BCUT2D eigenvalue weighted by Crippen LogP contribution is -2.34. The fourth-order valence-electron chi connectivity index (χ4n) is 3.04. The first kappa shape index (κ1) is 17.5. The first-order valence-electron chi connectivity index (χ1n) is 8.64. The van der Waals surface area contributed by atoms with Gasteiger partial charge in [0.1, 0.15) is 5.60 Å². The molecule has 1 aliphatic rings. The second-order valence-corrected chi connectivity index (χ2v) is 7.12. The highest BCUT2D eigenvalue weighted by atomic mass is 16.6. The summed E-state index contributed by atoms with van der Waals surface area (Å²) >= 11 is 0. The maximum absolute atomic E-state index is 11.8. The van der Waals surface area contributed by atoms with Crippen molar-refractivity contribution in [3.05, 3.63) is 47.8 Å². The molecule has 1 aliphatic heterocycles. The molecule has 6 heteroatoms. The molecule has 0 fully saturated rings. The van der Waals surface area contributed by atoms with Gasteiger partial charge in [-0.05, 0) is 56.9 Å². The molecule has 1 N–H and O–H groups in total. The van der Waals surface area contributed by atoms with E-state index >= 15 is 0 Å². The van der Waals surface area contributed by atoms with Crippen LogP contribution in [0.4, 0.5) is 4.79 Å². The summed E-state index contributed by atoms with van der Waals surface area (Å²) in [6, 6.07) is 8.12. The molecule has 0 spiro atoms. The number of aromatic nitrogens is 2. The van der Waals surface area contributed by atoms with Gasteiger partial charge >= 0.3 is 6.09 Å². The van der Waals surface area contributed by atoms with Crippen LogP contribution in [0.2, 0.25) is 0 Å². The number of hydrogen-bond acceptors (Lipinski definition) is 4. The molecule has 1 atom stereocenters. The van der Waals surface area contributed by atoms with Crippen LogP contribution < -0.4 is 5.32 Å². The van der Waals surface area contributed by atoms with E-state index in [-0.39, 0.29) is 6.10 Å². The largest absolute Gasteiger partial charge is 0.444 e. The highest BCUT2D eigenvalue weighted by Gasteiger charge is 2.24. The van der Waals surface area contributed by atoms with Gasteiger partial charge in [-0.25, -0.2) is 9.48 Å². The van der Waals surface area contributed by atoms with Gasteiger partial charge in [-0.1, -0.05) is 12.1 Å². The average molecular weight is 343 g/mol. The van der Waals surface area contributed by atoms with Gasteiger partial charge in [0.15, 0.2) is 0 Å². The molecule has 0 aliphatic carbocycles. The molecule has 134 valence electrons. The molecule has 1 amide bonds. The maximum Gasteiger partial charge on any atom is 0.407 e. The Bertz CT molecular complexity index is 720. The number of nitrogens with one attached hydrogen (secondary N) is 1. The molecule has 6 nitrogen and oxygen atoms in total. The average Bonchev–Trinajstić information content (AvgIpc) is 3.07. The van der Waals surface area contributed by atoms with Crippen LogP contribution in [-0.2, 0) is 15.9 Å². The number of alkyl carbamates (subject to hydrolysis) is 1. The summed E-state index contributed by atoms with van der Waals surface area (Å²) in [5.41, 5.74) is 3.04. The number of ether oxygens (including phenoxy) is 2. The molecule has 0 unspecified atom stereocenters. The topological polar surface area (TPSA) is 65.4 Å². The van der Waals surface area contributed by atoms with Crippen LogP contribution in [0.25, 0.3) is 5.69 Å². The standard InChI is InChI=1S/C19H25N3O3/c1-19(2,3)25-18(23)20-11-8-17-15-6-4-7-16(14(15)9-13-24-17)22-12-5-10-21-22/h4-7,10,12,17H,8-9,11,13H2,1-3H3,(H,20,23)/t17-/m1/s1. The van der Waals surface area contributed by atoms with Crippen molar-refractivity contribution in [2.24, 2.45) is 0 Å². The summed E-state index contributed by atoms with van der Waals surface area (Å²) < 4.78 is 13.1. The molecule has 1 aromatic carbocycles. The fourth-order valence-corrected chi connectivity index (χ4v) is 3.04. The van der Waals surface area contributed by atoms with Crippen LogP contribution in [0.3, 0.4) is 0 Å². The number of fused-ring (bicyclic) bond motifs is 1. The quantitative estimate of drug-likeness (QED) is 0.924. The molecule has 2 aromatic rings. The van der Waals surface area contributed by atoms with Crippen molar-refractivity contribution in [3.63, 3.8) is 0 Å². The van der Waals surface area contributed by atoms with Crippen molar-refractivity contribution in [1.82, 2.24) is 15.1 Å². The third-order valence-electron chi connectivity index (χ3n) is 4.03. The van der Waals surface area contributed by atoms with Gasteiger partial charge in [0.05, 0.1) is 18.4 Å². The van der Waals surface area contributed by atoms with E-state index in [1.54, 1.807) is 6.20 Å². The van der Waals surface area contributed by atoms with Gasteiger partial charge in [0.2, 0.25) is 0 Å². The lowest BCUT2D eigenvalue weighted by Gasteiger charge is -2.28. The van der Waals surface area contributed by atoms with Crippen molar-refractivity contribution in [2.45, 2.75) is 45.3 Å². The fraction of sp³-hybridized carbons (Fsp3) is 0.474. The van der Waals surface area contributed by atoms with Gasteiger partial charge in [0.25, 0.3) is 0 Å². The molecule has 0 radical (unpaired) electrons. The Balaban J connectivity index is 1.66. The highest BCUT2D eigenvalue weighted by Crippen LogP contribution is 2.32. The number of carbonyl (C=O) groups excluding carboxylic acids is 1. The summed E-state index contributed by atoms with van der Waals surface area (Å²) in [6.45, 7) is 6.73. The van der Waals surface area contributed by atoms with E-state index in [9.17, 15) is 4.79 Å². The molecule has 25 heavy (non-hydrogen) atoms. The van der Waals surface area contributed by atoms with Crippen LogP contribution in [-0.4, -0.2) is 34.6 Å². The number of hydrogen-bond donors (Lipinski definition) is 1. The number of rotatable bonds is 4. The Kier molecular flexibility index (Phi) is 5.08. The lowest BCUT2D eigenvalue weighted by molar-refractivity contribution is 0.0329. The number of amides is 1. The zero-order chi connectivity index (χ0) is 17.9. The smallest absolute Gasteiger partial charge is 0.407 e. The minimum Gasteiger partial charge on any atom is -0.444 e. The third kappa shape index (κ3) is 4.39. The summed E-state index contributed by atoms with van der Waals surface area (Å²) in [6.07, 6.45) is 4.87. The van der Waals surface area contributed by atoms with Gasteiger partial charge in [-0.15, -0.1) is 0 Å². The van der Waals surface area contributed by atoms with Crippen LogP contribution in [0.1, 0.15) is 44.4 Å². The summed E-state index contributed by atoms with van der Waals surface area (Å²) in [5, 5.41) is 7.14. The van der Waals surface area contributed by atoms with Crippen LogP contribution in [0, 0.1) is 0 Å². The van der Waals surface area contributed by atoms with Crippen molar-refractivity contribution in [3.8, 4) is 5.69 Å². The van der Waals surface area contributed by atoms with Gasteiger partial charge in [-0.3, -0.25) is 0 Å². The summed E-state index contributed by atoms with van der Waals surface area (Å²) in [4.78, 5) is 11.8. The number of nitrogens with zero attached hydrogens (tertiary/aromatic N) is 2. The molecule has 1 aromatic heterocycles. The Hall–Kier alpha value is -2.34. The summed E-state index contributed by atoms with van der Waals surface area (Å²) in [5.74, 6) is 0. The van der Waals surface area contributed by atoms with Crippen molar-refractivity contribution in [1.29, 1.82) is 0 Å². The van der Waals surface area contributed by atoms with E-state index in [4.69, 9.17) is 9.47 Å². The van der Waals surface area contributed by atoms with Crippen LogP contribution in [0.5, 0.6) is 0 Å². The van der Waals surface area contributed by atoms with Crippen molar-refractivity contribution < 1.29 is 14.3 Å². The minimum atomic E-state index is -0.489. The monoisotopic (exact) mass is 343 g/mol. The van der Waals surface area contributed by atoms with E-state index in [0.717, 1.165) is 12.1 Å². The first-order chi connectivity index (χ1) is 11.9. The first-order valence-corrected chi connectivity index (χ1v) is 8.64. The zero-order valence-corrected chi connectivity index (χ0v) is 15.0. The second kappa shape index (κ2) is 7.27. The molecular formula is C19H25N3O3. The summed E-state index contributed by atoms with van der Waals surface area (Å²) in [7, 11) is 0. The van der Waals surface area contributed by atoms with Crippen molar-refractivity contribution >= 4 is 6.09 Å². The molecule has 0 saturated carbocycles. The van der Waals surface area contributed by atoms with E-state index in [1.807, 2.05) is 43.8 Å². The lowest BCUT2D eigenvalue weighted by atomic mass is 9.94. The number of benzene rings is 1. The van der Waals surface area contributed by atoms with Gasteiger partial charge in [0, 0.05) is 18.9 Å². The van der Waals surface area contributed by atoms with E-state index in [0.29, 0.717) is 19.6 Å². The highest BCUT2D eigenvalue weighted by molar-refractivity contribution is 5.67. The Morgan fingerprint density at radius 1 is 1.40 bits per heavy atom. The van der Waals surface area contributed by atoms with Crippen LogP contribution >= 0.6 is 0 Å². The van der Waals surface area contributed by atoms with E-state index in [1.165, 1.54) is 11.1 Å². The minimum absolute atomic E-state index is 0.0331. The molecular weight excluding hydrogens is 318 g/mol. The Morgan fingerprint density at radius 2 is 2.24 bits per heavy atom. The third-order valence-corrected chi connectivity index (χ3v) is 4.03. The Morgan fingerprint density at radius 3 is 2.96 bits per heavy atom. The van der Waals surface area contributed by atoms with E-state index in [2.05, 4.69) is 22.5 Å². The molecule has 0 bridgehead atoms. The maximum atomic E-state index is 11.8. The predicted molar refractivity (Wildman–Crippen MR) is 94.8 cm³/mol. The normalized spacial score (nSPS) is 17.0. The zero-order valence-electron chi connectivity index (χ0n) is 15.0. The molecule has 0 saturated heterocycles. The second-order valence-electron chi connectivity index (χ2n) is 7.12. The van der Waals surface area contributed by atoms with Gasteiger partial charge < -0.3 is 14.8 Å². The number of carbonyl (C=O) groups is 1. The Labute approximate surface area is 148 Å². The van der Waals surface area contributed by atoms with Crippen molar-refractivity contribution in [2.75, 3.05) is 13.2 Å². The predicted octanol–water partition coefficient (Wildman–Crippen LogP) is 3.40.